The largest absolute Gasteiger partial charge is 0.484 e. The fourth-order valence-corrected chi connectivity index (χ4v) is 2.89. The molecular weight excluding hydrogens is 340 g/mol. The maximum atomic E-state index is 12.4. The van der Waals surface area contributed by atoms with Crippen molar-refractivity contribution in [2.75, 3.05) is 27.2 Å². The van der Waals surface area contributed by atoms with E-state index in [2.05, 4.69) is 24.1 Å². The lowest BCUT2D eigenvalue weighted by molar-refractivity contribution is -0.123. The van der Waals surface area contributed by atoms with Crippen LogP contribution in [-0.2, 0) is 4.79 Å². The molecule has 0 saturated carbocycles. The van der Waals surface area contributed by atoms with Crippen LogP contribution in [0.3, 0.4) is 0 Å². The molecule has 1 N–H and O–H groups in total. The van der Waals surface area contributed by atoms with Gasteiger partial charge < -0.3 is 15.0 Å². The van der Waals surface area contributed by atoms with Crippen molar-refractivity contribution in [1.29, 1.82) is 0 Å². The molecule has 0 heterocycles. The van der Waals surface area contributed by atoms with Crippen molar-refractivity contribution in [2.24, 2.45) is 5.92 Å². The Hall–Kier alpha value is -2.66. The van der Waals surface area contributed by atoms with Crippen LogP contribution in [0.1, 0.15) is 29.8 Å². The second-order valence-electron chi connectivity index (χ2n) is 7.09. The number of amides is 1. The fraction of sp³-hybridized carbons (Fsp3) is 0.364. The number of hydrogen-bond donors (Lipinski definition) is 1. The first kappa shape index (κ1) is 20.6. The highest BCUT2D eigenvalue weighted by molar-refractivity contribution is 6.08. The number of carbonyl (C=O) groups excluding carboxylic acids is 2. The molecule has 0 spiro atoms. The van der Waals surface area contributed by atoms with Gasteiger partial charge in [-0.1, -0.05) is 44.2 Å². The molecule has 2 rings (SSSR count). The summed E-state index contributed by atoms with van der Waals surface area (Å²) in [4.78, 5) is 26.5. The summed E-state index contributed by atoms with van der Waals surface area (Å²) in [7, 11) is 4.01. The van der Waals surface area contributed by atoms with E-state index in [1.165, 1.54) is 0 Å². The van der Waals surface area contributed by atoms with Crippen molar-refractivity contribution in [2.45, 2.75) is 19.9 Å². The minimum absolute atomic E-state index is 0.0386. The van der Waals surface area contributed by atoms with Crippen molar-refractivity contribution in [1.82, 2.24) is 10.2 Å². The Morgan fingerprint density at radius 2 is 1.56 bits per heavy atom. The van der Waals surface area contributed by atoms with Crippen molar-refractivity contribution >= 4 is 11.7 Å². The lowest BCUT2D eigenvalue weighted by Gasteiger charge is -2.28. The Kier molecular flexibility index (Phi) is 7.55. The van der Waals surface area contributed by atoms with Gasteiger partial charge in [0.25, 0.3) is 5.91 Å². The van der Waals surface area contributed by atoms with Crippen LogP contribution < -0.4 is 10.1 Å². The van der Waals surface area contributed by atoms with Crippen molar-refractivity contribution in [3.63, 3.8) is 0 Å². The molecule has 0 radical (unpaired) electrons. The lowest BCUT2D eigenvalue weighted by Crippen LogP contribution is -2.44. The van der Waals surface area contributed by atoms with Gasteiger partial charge in [0.2, 0.25) is 0 Å². The van der Waals surface area contributed by atoms with E-state index in [4.69, 9.17) is 4.74 Å². The second-order valence-corrected chi connectivity index (χ2v) is 7.09. The first-order valence-corrected chi connectivity index (χ1v) is 9.14. The topological polar surface area (TPSA) is 58.6 Å². The van der Waals surface area contributed by atoms with Crippen LogP contribution in [0.15, 0.2) is 54.6 Å². The van der Waals surface area contributed by atoms with E-state index in [1.54, 1.807) is 36.4 Å². The van der Waals surface area contributed by atoms with Gasteiger partial charge in [-0.15, -0.1) is 0 Å². The average Bonchev–Trinajstić information content (AvgIpc) is 2.66. The number of nitrogens with zero attached hydrogens (tertiary/aromatic N) is 1. The zero-order chi connectivity index (χ0) is 19.8. The Morgan fingerprint density at radius 1 is 0.963 bits per heavy atom. The Bertz CT molecular complexity index is 732. The van der Waals surface area contributed by atoms with Gasteiger partial charge in [-0.25, -0.2) is 0 Å². The third-order valence-corrected chi connectivity index (χ3v) is 4.46. The van der Waals surface area contributed by atoms with E-state index in [0.29, 0.717) is 29.3 Å². The Morgan fingerprint density at radius 3 is 2.11 bits per heavy atom. The van der Waals surface area contributed by atoms with E-state index in [0.717, 1.165) is 0 Å². The number of rotatable bonds is 9. The minimum Gasteiger partial charge on any atom is -0.484 e. The maximum Gasteiger partial charge on any atom is 0.257 e. The lowest BCUT2D eigenvalue weighted by atomic mass is 10.0. The summed E-state index contributed by atoms with van der Waals surface area (Å²) in [6.07, 6.45) is 0. The second kappa shape index (κ2) is 9.88. The van der Waals surface area contributed by atoms with Gasteiger partial charge in [-0.2, -0.15) is 0 Å². The standard InChI is InChI=1S/C22H28N2O3/c1-16(2)20(24(3)4)14-23-21(25)15-27-19-12-10-18(11-13-19)22(26)17-8-6-5-7-9-17/h5-13,16,20H,14-15H2,1-4H3,(H,23,25)/t20-/m0/s1. The first-order chi connectivity index (χ1) is 12.9. The molecule has 5 heteroatoms. The number of ketones is 1. The van der Waals surface area contributed by atoms with Gasteiger partial charge in [0.1, 0.15) is 5.75 Å². The summed E-state index contributed by atoms with van der Waals surface area (Å²) in [6.45, 7) is 4.79. The first-order valence-electron chi connectivity index (χ1n) is 9.14. The van der Waals surface area contributed by atoms with Gasteiger partial charge in [-0.3, -0.25) is 9.59 Å². The molecule has 1 amide bonds. The third kappa shape index (κ3) is 6.22. The maximum absolute atomic E-state index is 12.4. The van der Waals surface area contributed by atoms with Gasteiger partial charge >= 0.3 is 0 Å². The summed E-state index contributed by atoms with van der Waals surface area (Å²) >= 11 is 0. The summed E-state index contributed by atoms with van der Waals surface area (Å²) in [5.74, 6) is 0.800. The monoisotopic (exact) mass is 368 g/mol. The van der Waals surface area contributed by atoms with Gasteiger partial charge in [0, 0.05) is 23.7 Å². The Labute approximate surface area is 161 Å². The number of likely N-dealkylation sites (N-methyl/N-ethyl adjacent to an activating group) is 1. The van der Waals surface area contributed by atoms with Crippen LogP contribution >= 0.6 is 0 Å². The highest BCUT2D eigenvalue weighted by Gasteiger charge is 2.16. The SMILES string of the molecule is CC(C)[C@H](CNC(=O)COc1ccc(C(=O)c2ccccc2)cc1)N(C)C. The molecule has 1 atom stereocenters. The normalized spacial score (nSPS) is 12.1. The smallest absolute Gasteiger partial charge is 0.257 e. The van der Waals surface area contributed by atoms with Crippen LogP contribution in [0.4, 0.5) is 0 Å². The predicted octanol–water partition coefficient (Wildman–Crippen LogP) is 3.00. The molecule has 0 unspecified atom stereocenters. The summed E-state index contributed by atoms with van der Waals surface area (Å²) < 4.78 is 5.52. The van der Waals surface area contributed by atoms with Crippen LogP contribution in [0.5, 0.6) is 5.75 Å². The summed E-state index contributed by atoms with van der Waals surface area (Å²) in [6, 6.07) is 16.2. The van der Waals surface area contributed by atoms with Crippen LogP contribution in [-0.4, -0.2) is 49.9 Å². The number of nitrogens with one attached hydrogen (secondary N) is 1. The average molecular weight is 368 g/mol. The predicted molar refractivity (Wildman–Crippen MR) is 107 cm³/mol. The fourth-order valence-electron chi connectivity index (χ4n) is 2.89. The van der Waals surface area contributed by atoms with Gasteiger partial charge in [-0.05, 0) is 44.3 Å². The zero-order valence-corrected chi connectivity index (χ0v) is 16.4. The van der Waals surface area contributed by atoms with E-state index in [-0.39, 0.29) is 24.3 Å². The molecule has 2 aromatic carbocycles. The molecule has 5 nitrogen and oxygen atoms in total. The summed E-state index contributed by atoms with van der Waals surface area (Å²) in [5, 5.41) is 2.91. The Balaban J connectivity index is 1.84. The summed E-state index contributed by atoms with van der Waals surface area (Å²) in [5.41, 5.74) is 1.23. The van der Waals surface area contributed by atoms with E-state index >= 15 is 0 Å². The van der Waals surface area contributed by atoms with E-state index < -0.39 is 0 Å². The molecule has 144 valence electrons. The molecule has 0 aromatic heterocycles. The van der Waals surface area contributed by atoms with Crippen molar-refractivity contribution < 1.29 is 14.3 Å². The van der Waals surface area contributed by atoms with Crippen LogP contribution in [0.25, 0.3) is 0 Å². The molecule has 2 aromatic rings. The highest BCUT2D eigenvalue weighted by Crippen LogP contribution is 2.15. The molecule has 0 aliphatic heterocycles. The molecule has 0 saturated heterocycles. The third-order valence-electron chi connectivity index (χ3n) is 4.46. The molecular formula is C22H28N2O3. The van der Waals surface area contributed by atoms with Crippen molar-refractivity contribution in [3.05, 3.63) is 65.7 Å². The number of carbonyl (C=O) groups is 2. The van der Waals surface area contributed by atoms with E-state index in [1.807, 2.05) is 32.3 Å². The molecule has 0 bridgehead atoms. The van der Waals surface area contributed by atoms with Gasteiger partial charge in [0.05, 0.1) is 0 Å². The zero-order valence-electron chi connectivity index (χ0n) is 16.4. The van der Waals surface area contributed by atoms with Crippen LogP contribution in [0, 0.1) is 5.92 Å². The van der Waals surface area contributed by atoms with Crippen molar-refractivity contribution in [3.8, 4) is 5.75 Å². The number of benzene rings is 2. The quantitative estimate of drug-likeness (QED) is 0.691. The molecule has 0 fully saturated rings. The molecule has 0 aliphatic carbocycles. The molecule has 27 heavy (non-hydrogen) atoms. The van der Waals surface area contributed by atoms with Gasteiger partial charge in [0.15, 0.2) is 12.4 Å². The number of hydrogen-bond acceptors (Lipinski definition) is 4. The van der Waals surface area contributed by atoms with Crippen LogP contribution in [0.2, 0.25) is 0 Å². The number of ether oxygens (including phenoxy) is 1. The highest BCUT2D eigenvalue weighted by atomic mass is 16.5. The van der Waals surface area contributed by atoms with E-state index in [9.17, 15) is 9.59 Å². The molecule has 0 aliphatic rings. The minimum atomic E-state index is -0.160.